The topological polar surface area (TPSA) is 72.7 Å². The van der Waals surface area contributed by atoms with Gasteiger partial charge in [-0.3, -0.25) is 15.0 Å². The molecule has 1 aromatic rings. The van der Waals surface area contributed by atoms with Gasteiger partial charge in [-0.2, -0.15) is 0 Å². The first-order valence-electron chi connectivity index (χ1n) is 6.81. The molecule has 1 aromatic carbocycles. The zero-order valence-corrected chi connectivity index (χ0v) is 11.3. The first-order chi connectivity index (χ1) is 9.66. The third kappa shape index (κ3) is 4.03. The van der Waals surface area contributed by atoms with Crippen molar-refractivity contribution in [3.05, 3.63) is 39.9 Å². The van der Waals surface area contributed by atoms with Crippen LogP contribution in [0.3, 0.4) is 0 Å². The molecule has 0 N–H and O–H groups in total. The first-order valence-corrected chi connectivity index (χ1v) is 6.81. The minimum Gasteiger partial charge on any atom is -0.461 e. The molecule has 108 valence electrons. The molecule has 0 unspecified atom stereocenters. The van der Waals surface area contributed by atoms with Gasteiger partial charge >= 0.3 is 5.97 Å². The van der Waals surface area contributed by atoms with Gasteiger partial charge in [0.05, 0.1) is 10.5 Å². The maximum absolute atomic E-state index is 11.8. The average molecular weight is 278 g/mol. The number of rotatable bonds is 5. The molecular weight excluding hydrogens is 260 g/mol. The van der Waals surface area contributed by atoms with E-state index in [0.29, 0.717) is 12.2 Å². The van der Waals surface area contributed by atoms with E-state index in [2.05, 4.69) is 4.90 Å². The Bertz CT molecular complexity index is 467. The highest BCUT2D eigenvalue weighted by molar-refractivity contribution is 5.89. The summed E-state index contributed by atoms with van der Waals surface area (Å²) in [5, 5.41) is 10.5. The number of hydrogen-bond donors (Lipinski definition) is 0. The zero-order chi connectivity index (χ0) is 14.4. The Morgan fingerprint density at radius 2 is 1.85 bits per heavy atom. The fraction of sp³-hybridized carbons (Fsp3) is 0.500. The molecule has 0 atom stereocenters. The van der Waals surface area contributed by atoms with Crippen LogP contribution in [0, 0.1) is 10.1 Å². The van der Waals surface area contributed by atoms with Gasteiger partial charge in [0.2, 0.25) is 0 Å². The quantitative estimate of drug-likeness (QED) is 0.469. The fourth-order valence-electron chi connectivity index (χ4n) is 2.25. The summed E-state index contributed by atoms with van der Waals surface area (Å²) in [6.45, 7) is 3.23. The molecule has 1 heterocycles. The van der Waals surface area contributed by atoms with Crippen LogP contribution >= 0.6 is 0 Å². The van der Waals surface area contributed by atoms with Crippen molar-refractivity contribution in [1.29, 1.82) is 0 Å². The van der Waals surface area contributed by atoms with Gasteiger partial charge in [0.25, 0.3) is 5.69 Å². The summed E-state index contributed by atoms with van der Waals surface area (Å²) in [6, 6.07) is 5.45. The standard InChI is InChI=1S/C14H18N2O4/c17-14(12-4-6-13(7-5-12)16(18)19)20-11-10-15-8-2-1-3-9-15/h4-7H,1-3,8-11H2. The SMILES string of the molecule is O=C(OCCN1CCCCC1)c1ccc([N+](=O)[O-])cc1. The first kappa shape index (κ1) is 14.5. The van der Waals surface area contributed by atoms with Crippen molar-refractivity contribution in [1.82, 2.24) is 4.90 Å². The van der Waals surface area contributed by atoms with E-state index in [-0.39, 0.29) is 5.69 Å². The smallest absolute Gasteiger partial charge is 0.338 e. The number of carbonyl (C=O) groups excluding carboxylic acids is 1. The van der Waals surface area contributed by atoms with Gasteiger partial charge in [0.1, 0.15) is 6.61 Å². The predicted molar refractivity (Wildman–Crippen MR) is 73.7 cm³/mol. The minimum atomic E-state index is -0.495. The fourth-order valence-corrected chi connectivity index (χ4v) is 2.25. The zero-order valence-electron chi connectivity index (χ0n) is 11.3. The number of carbonyl (C=O) groups is 1. The molecule has 2 rings (SSSR count). The minimum absolute atomic E-state index is 0.0325. The normalized spacial score (nSPS) is 15.8. The van der Waals surface area contributed by atoms with Gasteiger partial charge in [-0.05, 0) is 38.1 Å². The number of likely N-dealkylation sites (tertiary alicyclic amines) is 1. The molecule has 0 spiro atoms. The largest absolute Gasteiger partial charge is 0.461 e. The van der Waals surface area contributed by atoms with Gasteiger partial charge in [-0.25, -0.2) is 4.79 Å². The van der Waals surface area contributed by atoms with E-state index in [1.807, 2.05) is 0 Å². The lowest BCUT2D eigenvalue weighted by atomic mass is 10.1. The van der Waals surface area contributed by atoms with Crippen LogP contribution in [0.15, 0.2) is 24.3 Å². The van der Waals surface area contributed by atoms with Gasteiger partial charge < -0.3 is 4.74 Å². The van der Waals surface area contributed by atoms with E-state index in [4.69, 9.17) is 4.74 Å². The number of piperidine rings is 1. The maximum atomic E-state index is 11.8. The molecule has 1 aliphatic rings. The molecule has 0 saturated carbocycles. The van der Waals surface area contributed by atoms with Crippen LogP contribution in [0.2, 0.25) is 0 Å². The van der Waals surface area contributed by atoms with Crippen molar-refractivity contribution in [3.8, 4) is 0 Å². The molecule has 6 nitrogen and oxygen atoms in total. The number of ether oxygens (including phenoxy) is 1. The Labute approximate surface area is 117 Å². The molecule has 0 aliphatic carbocycles. The maximum Gasteiger partial charge on any atom is 0.338 e. The molecule has 0 aromatic heterocycles. The molecule has 0 radical (unpaired) electrons. The Balaban J connectivity index is 1.77. The van der Waals surface area contributed by atoms with E-state index in [1.54, 1.807) is 0 Å². The molecule has 1 fully saturated rings. The lowest BCUT2D eigenvalue weighted by molar-refractivity contribution is -0.384. The number of nitrogens with zero attached hydrogens (tertiary/aromatic N) is 2. The summed E-state index contributed by atoms with van der Waals surface area (Å²) in [5.74, 6) is -0.433. The monoisotopic (exact) mass is 278 g/mol. The predicted octanol–water partition coefficient (Wildman–Crippen LogP) is 2.24. The van der Waals surface area contributed by atoms with Crippen molar-refractivity contribution in [2.45, 2.75) is 19.3 Å². The van der Waals surface area contributed by atoms with Crippen molar-refractivity contribution in [3.63, 3.8) is 0 Å². The van der Waals surface area contributed by atoms with Gasteiger partial charge in [0.15, 0.2) is 0 Å². The van der Waals surface area contributed by atoms with Crippen LogP contribution in [0.25, 0.3) is 0 Å². The van der Waals surface area contributed by atoms with Crippen molar-refractivity contribution < 1.29 is 14.5 Å². The summed E-state index contributed by atoms with van der Waals surface area (Å²) in [5.41, 5.74) is 0.309. The van der Waals surface area contributed by atoms with E-state index in [1.165, 1.54) is 43.5 Å². The Morgan fingerprint density at radius 1 is 1.20 bits per heavy atom. The summed E-state index contributed by atoms with van der Waals surface area (Å²) in [7, 11) is 0. The molecule has 20 heavy (non-hydrogen) atoms. The van der Waals surface area contributed by atoms with E-state index < -0.39 is 10.9 Å². The second-order valence-corrected chi connectivity index (χ2v) is 4.84. The van der Waals surface area contributed by atoms with Crippen LogP contribution in [0.1, 0.15) is 29.6 Å². The average Bonchev–Trinajstić information content (AvgIpc) is 2.48. The van der Waals surface area contributed by atoms with Crippen LogP contribution in [0.4, 0.5) is 5.69 Å². The molecule has 1 aliphatic heterocycles. The third-order valence-electron chi connectivity index (χ3n) is 3.40. The van der Waals surface area contributed by atoms with Crippen LogP contribution in [-0.2, 0) is 4.74 Å². The highest BCUT2D eigenvalue weighted by atomic mass is 16.6. The number of nitro groups is 1. The van der Waals surface area contributed by atoms with Crippen LogP contribution in [-0.4, -0.2) is 42.0 Å². The van der Waals surface area contributed by atoms with Gasteiger partial charge in [-0.15, -0.1) is 0 Å². The summed E-state index contributed by atoms with van der Waals surface area (Å²) >= 11 is 0. The van der Waals surface area contributed by atoms with Crippen LogP contribution in [0.5, 0.6) is 0 Å². The summed E-state index contributed by atoms with van der Waals surface area (Å²) in [6.07, 6.45) is 3.69. The van der Waals surface area contributed by atoms with Crippen LogP contribution < -0.4 is 0 Å². The second kappa shape index (κ2) is 7.00. The highest BCUT2D eigenvalue weighted by Gasteiger charge is 2.13. The highest BCUT2D eigenvalue weighted by Crippen LogP contribution is 2.13. The Hall–Kier alpha value is -1.95. The number of hydrogen-bond acceptors (Lipinski definition) is 5. The number of nitro benzene ring substituents is 1. The van der Waals surface area contributed by atoms with Crippen molar-refractivity contribution in [2.75, 3.05) is 26.2 Å². The molecule has 1 saturated heterocycles. The molecular formula is C14H18N2O4. The van der Waals surface area contributed by atoms with E-state index >= 15 is 0 Å². The van der Waals surface area contributed by atoms with E-state index in [9.17, 15) is 14.9 Å². The van der Waals surface area contributed by atoms with Crippen molar-refractivity contribution in [2.24, 2.45) is 0 Å². The summed E-state index contributed by atoms with van der Waals surface area (Å²) < 4.78 is 5.18. The number of non-ortho nitro benzene ring substituents is 1. The lowest BCUT2D eigenvalue weighted by Gasteiger charge is -2.25. The summed E-state index contributed by atoms with van der Waals surface area (Å²) in [4.78, 5) is 24.1. The number of esters is 1. The molecule has 0 amide bonds. The lowest BCUT2D eigenvalue weighted by Crippen LogP contribution is -2.33. The Kier molecular flexibility index (Phi) is 5.06. The van der Waals surface area contributed by atoms with Gasteiger partial charge in [-0.1, -0.05) is 6.42 Å². The van der Waals surface area contributed by atoms with E-state index in [0.717, 1.165) is 19.6 Å². The third-order valence-corrected chi connectivity index (χ3v) is 3.40. The molecule has 0 bridgehead atoms. The number of benzene rings is 1. The molecule has 6 heteroatoms. The van der Waals surface area contributed by atoms with Crippen molar-refractivity contribution >= 4 is 11.7 Å². The van der Waals surface area contributed by atoms with Gasteiger partial charge in [0, 0.05) is 18.7 Å². The second-order valence-electron chi connectivity index (χ2n) is 4.84. The Morgan fingerprint density at radius 3 is 2.45 bits per heavy atom.